The first-order valence-electron chi connectivity index (χ1n) is 33.3. The summed E-state index contributed by atoms with van der Waals surface area (Å²) in [6, 6.07) is 0. The van der Waals surface area contributed by atoms with E-state index in [1.165, 1.54) is 19.4 Å². The van der Waals surface area contributed by atoms with Gasteiger partial charge in [0.15, 0.2) is 37.7 Å². The molecule has 542 valence electrons. The number of aliphatic hydroxyl groups excluding tert-OH is 13. The molecule has 6 aliphatic heterocycles. The van der Waals surface area contributed by atoms with Crippen LogP contribution >= 0.6 is 0 Å². The van der Waals surface area contributed by atoms with Crippen LogP contribution in [-0.4, -0.2) is 288 Å². The van der Waals surface area contributed by atoms with Crippen LogP contribution in [0, 0.1) is 46.3 Å². The smallest absolute Gasteiger partial charge is 0.394 e. The molecule has 0 unspecified atom stereocenters. The molecule has 10 aliphatic rings. The van der Waals surface area contributed by atoms with Gasteiger partial charge in [0, 0.05) is 5.92 Å². The first-order chi connectivity index (χ1) is 44.0. The molecular weight excluding hydrogens is 1270 g/mol. The number of hydrogen-bond donors (Lipinski definition) is 15. The Labute approximate surface area is 547 Å². The fourth-order valence-electron chi connectivity index (χ4n) is 17.0. The standard InChI is InChI=1S/C63H104O30S/c1-24(2)25(3)13-18-63(10,77)39-12-11-32-31-20-36(34-19-30(93-94(78,79)80)14-16-61(34,8)33(31)15-17-62(32,39)9)86-55-26(4)51(42(68)29(7)83-55)89-59-53(92-57-48(74)45(71)40(66)27(5)84-57)44(70)38(23-82-59)88-60-54(47(73)41(67)28(6)85-60)91-56-50(76)52(35(65)22-81-56)90-58-49(75)46(72)43(69)37(21-64)87-58/h15,24,26-32,34-60,64-77H,3,11-14,16-23H2,1-2,4-10H3,(H,78,79,80)/t26-,27-,28-,29-,30+,31+,32+,34-,35+,36+,37-,38-,39+,40-,41+,42-,43+,44+,45+,46+,47+,48-,49-,50-,51-,52+,53-,54-,55+,56+,57+,58+,59+,60+,61-,62+,63+/m1/s1. The molecule has 9 fully saturated rings. The minimum atomic E-state index is -4.84. The lowest BCUT2D eigenvalue weighted by Crippen LogP contribution is -2.66. The van der Waals surface area contributed by atoms with E-state index in [1.807, 2.05) is 6.92 Å². The molecule has 0 amide bonds. The molecule has 0 aromatic rings. The highest BCUT2D eigenvalue weighted by atomic mass is 32.3. The molecule has 6 saturated heterocycles. The Kier molecular flexibility index (Phi) is 23.4. The maximum absolute atomic E-state index is 12.5. The predicted octanol–water partition coefficient (Wildman–Crippen LogP) is -1.95. The first-order valence-corrected chi connectivity index (χ1v) is 34.7. The normalized spacial score (nSPS) is 51.6. The quantitative estimate of drug-likeness (QED) is 0.0465. The molecule has 31 heteroatoms. The highest BCUT2D eigenvalue weighted by molar-refractivity contribution is 7.80. The molecule has 0 bridgehead atoms. The summed E-state index contributed by atoms with van der Waals surface area (Å²) in [6.07, 6.45) is -38.5. The Bertz CT molecular complexity index is 2690. The molecule has 10 rings (SSSR count). The summed E-state index contributed by atoms with van der Waals surface area (Å²) in [4.78, 5) is 0. The molecule has 0 spiro atoms. The van der Waals surface area contributed by atoms with E-state index in [2.05, 4.69) is 40.3 Å². The molecule has 0 aromatic carbocycles. The molecule has 3 saturated carbocycles. The largest absolute Gasteiger partial charge is 0.397 e. The predicted molar refractivity (Wildman–Crippen MR) is 320 cm³/mol. The van der Waals surface area contributed by atoms with Gasteiger partial charge >= 0.3 is 10.4 Å². The maximum atomic E-state index is 12.5. The summed E-state index contributed by atoms with van der Waals surface area (Å²) >= 11 is 0. The van der Waals surface area contributed by atoms with Gasteiger partial charge in [-0.1, -0.05) is 58.4 Å². The van der Waals surface area contributed by atoms with Crippen LogP contribution < -0.4 is 0 Å². The summed E-state index contributed by atoms with van der Waals surface area (Å²) in [5, 5.41) is 156. The van der Waals surface area contributed by atoms with Crippen molar-refractivity contribution < 1.29 is 145 Å². The lowest BCUT2D eigenvalue weighted by Gasteiger charge is -2.60. The fraction of sp³-hybridized carbons (Fsp3) is 0.937. The third kappa shape index (κ3) is 14.8. The van der Waals surface area contributed by atoms with E-state index >= 15 is 0 Å². The van der Waals surface area contributed by atoms with Gasteiger partial charge in [0.2, 0.25) is 0 Å². The Morgan fingerprint density at radius 1 is 0.617 bits per heavy atom. The van der Waals surface area contributed by atoms with Crippen molar-refractivity contribution in [2.24, 2.45) is 46.3 Å². The highest BCUT2D eigenvalue weighted by Crippen LogP contribution is 2.68. The molecule has 4 aliphatic carbocycles. The number of allylic oxidation sites excluding steroid dienone is 3. The van der Waals surface area contributed by atoms with Crippen molar-refractivity contribution in [1.29, 1.82) is 0 Å². The number of fused-ring (bicyclic) bond motifs is 5. The van der Waals surface area contributed by atoms with Crippen molar-refractivity contribution in [1.82, 2.24) is 0 Å². The number of ether oxygens (including phenoxy) is 12. The number of aliphatic hydroxyl groups is 14. The van der Waals surface area contributed by atoms with Crippen LogP contribution in [0.1, 0.15) is 120 Å². The van der Waals surface area contributed by atoms with E-state index in [9.17, 15) is 84.5 Å². The van der Waals surface area contributed by atoms with Crippen LogP contribution in [0.4, 0.5) is 0 Å². The molecule has 0 aromatic heterocycles. The van der Waals surface area contributed by atoms with Crippen molar-refractivity contribution in [2.75, 3.05) is 19.8 Å². The monoisotopic (exact) mass is 1370 g/mol. The minimum Gasteiger partial charge on any atom is -0.394 e. The van der Waals surface area contributed by atoms with Crippen LogP contribution in [-0.2, 0) is 71.4 Å². The maximum Gasteiger partial charge on any atom is 0.397 e. The minimum absolute atomic E-state index is 0.0203. The third-order valence-corrected chi connectivity index (χ3v) is 23.4. The van der Waals surface area contributed by atoms with E-state index in [0.717, 1.165) is 24.8 Å². The van der Waals surface area contributed by atoms with Gasteiger partial charge in [0.1, 0.15) is 104 Å². The van der Waals surface area contributed by atoms with Crippen LogP contribution in [0.25, 0.3) is 0 Å². The van der Waals surface area contributed by atoms with E-state index in [0.29, 0.717) is 32.1 Å². The van der Waals surface area contributed by atoms with Crippen LogP contribution in [0.15, 0.2) is 23.8 Å². The molecule has 94 heavy (non-hydrogen) atoms. The van der Waals surface area contributed by atoms with E-state index in [4.69, 9.17) is 61.0 Å². The SMILES string of the molecule is C=C(CC[C@](C)(O)[C@H]1CC[C@H]2[C@@H]3C[C@H](O[C@@H]4O[C@H](C)[C@@H](O)[C@H](O[C@@H]5OC[C@@H](O[C@@H]6O[C@H](C)[C@H](O)[C@H](O)[C@H]6O[C@@H]6OC[C@H](O)[C@H](O[C@@H]7O[C@H](CO)[C@H](O)[C@H](O)[C@H]7O)[C@H]6O)[C@H](O)[C@H]5O[C@@H]5O[C@H](C)[C@@H](O)[C@H](O)[C@H]5O)[C@H]4C)[C@H]4C[C@@H](OS(=O)(=O)O)CC[C@]4(C)C3=CC[C@@]21C)C(C)C. The zero-order valence-electron chi connectivity index (χ0n) is 54.7. The second-order valence-electron chi connectivity index (χ2n) is 29.4. The van der Waals surface area contributed by atoms with Crippen molar-refractivity contribution in [3.8, 4) is 0 Å². The van der Waals surface area contributed by atoms with Gasteiger partial charge in [-0.2, -0.15) is 8.42 Å². The van der Waals surface area contributed by atoms with E-state index in [1.54, 1.807) is 13.8 Å². The summed E-state index contributed by atoms with van der Waals surface area (Å²) in [7, 11) is -4.84. The van der Waals surface area contributed by atoms with E-state index in [-0.39, 0.29) is 41.4 Å². The van der Waals surface area contributed by atoms with E-state index < -0.39 is 225 Å². The Hall–Kier alpha value is -1.69. The Balaban J connectivity index is 0.891. The van der Waals surface area contributed by atoms with Gasteiger partial charge in [-0.05, 0) is 126 Å². The average Bonchev–Trinajstić information content (AvgIpc) is 1.34. The average molecular weight is 1370 g/mol. The summed E-state index contributed by atoms with van der Waals surface area (Å²) in [5.74, 6) is -0.895. The summed E-state index contributed by atoms with van der Waals surface area (Å²) in [5.41, 5.74) is 0.509. The third-order valence-electron chi connectivity index (χ3n) is 22.9. The Morgan fingerprint density at radius 3 is 1.84 bits per heavy atom. The van der Waals surface area contributed by atoms with Crippen molar-refractivity contribution in [2.45, 2.75) is 304 Å². The van der Waals surface area contributed by atoms with Crippen LogP contribution in [0.2, 0.25) is 0 Å². The zero-order chi connectivity index (χ0) is 68.7. The first kappa shape index (κ1) is 75.0. The van der Waals surface area contributed by atoms with Gasteiger partial charge in [-0.25, -0.2) is 4.18 Å². The van der Waals surface area contributed by atoms with Crippen LogP contribution in [0.3, 0.4) is 0 Å². The van der Waals surface area contributed by atoms with Crippen molar-refractivity contribution >= 4 is 10.4 Å². The van der Waals surface area contributed by atoms with Gasteiger partial charge in [-0.3, -0.25) is 4.55 Å². The van der Waals surface area contributed by atoms with Gasteiger partial charge in [-0.15, -0.1) is 0 Å². The highest BCUT2D eigenvalue weighted by Gasteiger charge is 2.64. The number of hydrogen-bond acceptors (Lipinski definition) is 29. The lowest BCUT2D eigenvalue weighted by atomic mass is 9.47. The van der Waals surface area contributed by atoms with Crippen molar-refractivity contribution in [3.05, 3.63) is 23.8 Å². The van der Waals surface area contributed by atoms with Gasteiger partial charge in [0.25, 0.3) is 0 Å². The molecular formula is C63H104O30S. The number of rotatable bonds is 20. The molecule has 30 nitrogen and oxygen atoms in total. The molecule has 15 N–H and O–H groups in total. The summed E-state index contributed by atoms with van der Waals surface area (Å²) in [6.45, 7) is 19.0. The van der Waals surface area contributed by atoms with Gasteiger partial charge < -0.3 is 128 Å². The zero-order valence-corrected chi connectivity index (χ0v) is 55.5. The van der Waals surface area contributed by atoms with Crippen molar-refractivity contribution in [3.63, 3.8) is 0 Å². The molecule has 0 radical (unpaired) electrons. The topological polar surface area (TPSA) is 458 Å². The second kappa shape index (κ2) is 29.3. The molecule has 6 heterocycles. The second-order valence-corrected chi connectivity index (χ2v) is 30.4. The molecule has 37 atom stereocenters. The summed E-state index contributed by atoms with van der Waals surface area (Å²) < 4.78 is 114. The Morgan fingerprint density at radius 2 is 1.18 bits per heavy atom. The lowest BCUT2D eigenvalue weighted by molar-refractivity contribution is -0.396. The van der Waals surface area contributed by atoms with Crippen LogP contribution in [0.5, 0.6) is 0 Å². The fourth-order valence-corrected chi connectivity index (χ4v) is 17.6. The van der Waals surface area contributed by atoms with Gasteiger partial charge in [0.05, 0.1) is 62.0 Å².